The summed E-state index contributed by atoms with van der Waals surface area (Å²) >= 11 is 0. The Labute approximate surface area is 143 Å². The number of para-hydroxylation sites is 1. The van der Waals surface area contributed by atoms with Gasteiger partial charge in [-0.05, 0) is 54.2 Å². The van der Waals surface area contributed by atoms with E-state index in [0.29, 0.717) is 0 Å². The molecule has 0 atom stereocenters. The second-order valence-electron chi connectivity index (χ2n) is 7.16. The van der Waals surface area contributed by atoms with Gasteiger partial charge in [-0.1, -0.05) is 30.2 Å². The van der Waals surface area contributed by atoms with Gasteiger partial charge in [0.2, 0.25) is 5.95 Å². The van der Waals surface area contributed by atoms with Crippen molar-refractivity contribution < 1.29 is 0 Å². The summed E-state index contributed by atoms with van der Waals surface area (Å²) in [5, 5.41) is 12.4. The van der Waals surface area contributed by atoms with Gasteiger partial charge in [0, 0.05) is 32.2 Å². The molecule has 0 unspecified atom stereocenters. The number of benzene rings is 1. The van der Waals surface area contributed by atoms with Crippen LogP contribution in [0.2, 0.25) is 0 Å². The average molecular weight is 326 g/mol. The molecular weight excluding hydrogens is 300 g/mol. The minimum absolute atomic E-state index is 0.786. The van der Waals surface area contributed by atoms with Gasteiger partial charge in [-0.25, -0.2) is 0 Å². The van der Waals surface area contributed by atoms with Gasteiger partial charge in [-0.2, -0.15) is 4.68 Å². The lowest BCUT2D eigenvalue weighted by atomic mass is 9.86. The average Bonchev–Trinajstić information content (AvgIpc) is 3.13. The summed E-state index contributed by atoms with van der Waals surface area (Å²) < 4.78 is 1.85. The van der Waals surface area contributed by atoms with E-state index >= 15 is 0 Å². The minimum atomic E-state index is 0.786. The first kappa shape index (κ1) is 15.6. The van der Waals surface area contributed by atoms with Crippen LogP contribution < -0.4 is 4.90 Å². The molecule has 4 rings (SSSR count). The maximum atomic E-state index is 4.27. The van der Waals surface area contributed by atoms with Crippen LogP contribution in [-0.2, 0) is 0 Å². The van der Waals surface area contributed by atoms with Crippen LogP contribution >= 0.6 is 0 Å². The summed E-state index contributed by atoms with van der Waals surface area (Å²) in [5.41, 5.74) is 1.01. The van der Waals surface area contributed by atoms with E-state index in [9.17, 15) is 0 Å². The first-order valence-corrected chi connectivity index (χ1v) is 9.14. The van der Waals surface area contributed by atoms with Gasteiger partial charge in [0.25, 0.3) is 0 Å². The Morgan fingerprint density at radius 2 is 1.62 bits per heavy atom. The normalized spacial score (nSPS) is 25.8. The highest BCUT2D eigenvalue weighted by molar-refractivity contribution is 5.40. The smallest absolute Gasteiger partial charge is 0.250 e. The lowest BCUT2D eigenvalue weighted by Gasteiger charge is -2.41. The molecule has 1 aliphatic carbocycles. The van der Waals surface area contributed by atoms with Gasteiger partial charge in [0.15, 0.2) is 0 Å². The number of hydrogen-bond acceptors (Lipinski definition) is 5. The Morgan fingerprint density at radius 1 is 0.917 bits per heavy atom. The number of aromatic nitrogens is 4. The maximum Gasteiger partial charge on any atom is 0.250 e. The fourth-order valence-corrected chi connectivity index (χ4v) is 4.01. The zero-order chi connectivity index (χ0) is 16.4. The first-order valence-electron chi connectivity index (χ1n) is 9.14. The standard InChI is InChI=1S/C18H26N6/c1-15-7-9-16(10-8-15)22-11-13-23(14-12-22)18-19-20-21-24(18)17-5-3-2-4-6-17/h2-6,15-16H,7-14H2,1H3. The Bertz CT molecular complexity index is 639. The van der Waals surface area contributed by atoms with Crippen LogP contribution in [0, 0.1) is 5.92 Å². The summed E-state index contributed by atoms with van der Waals surface area (Å²) in [7, 11) is 0. The second-order valence-corrected chi connectivity index (χ2v) is 7.16. The van der Waals surface area contributed by atoms with E-state index in [0.717, 1.165) is 49.8 Å². The molecule has 6 heteroatoms. The molecule has 128 valence electrons. The number of hydrogen-bond donors (Lipinski definition) is 0. The molecule has 0 amide bonds. The van der Waals surface area contributed by atoms with Gasteiger partial charge in [-0.3, -0.25) is 4.90 Å². The van der Waals surface area contributed by atoms with Gasteiger partial charge in [0.1, 0.15) is 0 Å². The van der Waals surface area contributed by atoms with Gasteiger partial charge in [-0.15, -0.1) is 0 Å². The van der Waals surface area contributed by atoms with Crippen LogP contribution in [0.15, 0.2) is 30.3 Å². The van der Waals surface area contributed by atoms with Crippen LogP contribution in [0.1, 0.15) is 32.6 Å². The van der Waals surface area contributed by atoms with Crippen molar-refractivity contribution in [2.24, 2.45) is 5.92 Å². The quantitative estimate of drug-likeness (QED) is 0.867. The highest BCUT2D eigenvalue weighted by Crippen LogP contribution is 2.28. The van der Waals surface area contributed by atoms with Gasteiger partial charge >= 0.3 is 0 Å². The van der Waals surface area contributed by atoms with Crippen molar-refractivity contribution in [3.8, 4) is 5.69 Å². The zero-order valence-electron chi connectivity index (χ0n) is 14.4. The molecule has 1 saturated heterocycles. The lowest BCUT2D eigenvalue weighted by molar-refractivity contribution is 0.132. The topological polar surface area (TPSA) is 50.1 Å². The number of rotatable bonds is 3. The third kappa shape index (κ3) is 3.15. The molecule has 0 spiro atoms. The minimum Gasteiger partial charge on any atom is -0.337 e. The SMILES string of the molecule is CC1CCC(N2CCN(c3nnnn3-c3ccccc3)CC2)CC1. The van der Waals surface area contributed by atoms with Crippen molar-refractivity contribution in [3.05, 3.63) is 30.3 Å². The number of anilines is 1. The Balaban J connectivity index is 1.41. The molecule has 2 fully saturated rings. The van der Waals surface area contributed by atoms with Crippen LogP contribution in [0.25, 0.3) is 5.69 Å². The van der Waals surface area contributed by atoms with E-state index < -0.39 is 0 Å². The Kier molecular flexibility index (Phi) is 4.47. The van der Waals surface area contributed by atoms with Crippen molar-refractivity contribution >= 4 is 5.95 Å². The molecule has 0 bridgehead atoms. The molecule has 1 aromatic heterocycles. The third-order valence-corrected chi connectivity index (χ3v) is 5.55. The fourth-order valence-electron chi connectivity index (χ4n) is 4.01. The predicted molar refractivity (Wildman–Crippen MR) is 94.4 cm³/mol. The van der Waals surface area contributed by atoms with Gasteiger partial charge < -0.3 is 4.90 Å². The van der Waals surface area contributed by atoms with E-state index in [1.165, 1.54) is 25.7 Å². The van der Waals surface area contributed by atoms with Crippen LogP contribution in [0.5, 0.6) is 0 Å². The second kappa shape index (κ2) is 6.89. The molecule has 1 aliphatic heterocycles. The Hall–Kier alpha value is -1.95. The zero-order valence-corrected chi connectivity index (χ0v) is 14.4. The van der Waals surface area contributed by atoms with E-state index in [1.807, 2.05) is 35.0 Å². The fraction of sp³-hybridized carbons (Fsp3) is 0.611. The van der Waals surface area contributed by atoms with E-state index in [4.69, 9.17) is 0 Å². The van der Waals surface area contributed by atoms with Crippen molar-refractivity contribution in [1.29, 1.82) is 0 Å². The first-order chi connectivity index (χ1) is 11.8. The number of piperazine rings is 1. The molecule has 0 radical (unpaired) electrons. The van der Waals surface area contributed by atoms with Crippen molar-refractivity contribution in [2.75, 3.05) is 31.1 Å². The van der Waals surface area contributed by atoms with Crippen molar-refractivity contribution in [1.82, 2.24) is 25.1 Å². The highest BCUT2D eigenvalue weighted by atomic mass is 15.6. The summed E-state index contributed by atoms with van der Waals surface area (Å²) in [6, 6.07) is 10.9. The van der Waals surface area contributed by atoms with Crippen LogP contribution in [0.4, 0.5) is 5.95 Å². The Morgan fingerprint density at radius 3 is 2.33 bits per heavy atom. The number of tetrazole rings is 1. The van der Waals surface area contributed by atoms with Gasteiger partial charge in [0.05, 0.1) is 5.69 Å². The third-order valence-electron chi connectivity index (χ3n) is 5.55. The molecule has 2 aliphatic rings. The molecule has 1 aromatic carbocycles. The maximum absolute atomic E-state index is 4.27. The summed E-state index contributed by atoms with van der Waals surface area (Å²) in [6.45, 7) is 6.61. The lowest BCUT2D eigenvalue weighted by Crippen LogP contribution is -2.51. The van der Waals surface area contributed by atoms with Crippen LogP contribution in [-0.4, -0.2) is 57.3 Å². The van der Waals surface area contributed by atoms with Crippen molar-refractivity contribution in [3.63, 3.8) is 0 Å². The molecule has 2 heterocycles. The van der Waals surface area contributed by atoms with E-state index in [-0.39, 0.29) is 0 Å². The van der Waals surface area contributed by atoms with E-state index in [1.54, 1.807) is 0 Å². The molecule has 6 nitrogen and oxygen atoms in total. The highest BCUT2D eigenvalue weighted by Gasteiger charge is 2.28. The van der Waals surface area contributed by atoms with Crippen molar-refractivity contribution in [2.45, 2.75) is 38.6 Å². The summed E-state index contributed by atoms with van der Waals surface area (Å²) in [6.07, 6.45) is 5.50. The monoisotopic (exact) mass is 326 g/mol. The number of nitrogens with zero attached hydrogens (tertiary/aromatic N) is 6. The molecule has 1 saturated carbocycles. The molecular formula is C18H26N6. The van der Waals surface area contributed by atoms with E-state index in [2.05, 4.69) is 32.2 Å². The molecule has 2 aromatic rings. The molecule has 0 N–H and O–H groups in total. The molecule has 24 heavy (non-hydrogen) atoms. The largest absolute Gasteiger partial charge is 0.337 e. The summed E-state index contributed by atoms with van der Waals surface area (Å²) in [4.78, 5) is 4.99. The predicted octanol–water partition coefficient (Wildman–Crippen LogP) is 2.36. The van der Waals surface area contributed by atoms with Crippen LogP contribution in [0.3, 0.4) is 0 Å². The summed E-state index contributed by atoms with van der Waals surface area (Å²) in [5.74, 6) is 1.77.